The van der Waals surface area contributed by atoms with E-state index in [0.717, 1.165) is 44.1 Å². The van der Waals surface area contributed by atoms with Crippen LogP contribution in [-0.2, 0) is 16.8 Å². The molecule has 0 spiro atoms. The summed E-state index contributed by atoms with van der Waals surface area (Å²) in [4.78, 5) is 4.68. The number of hydrogen-bond donors (Lipinski definition) is 1. The fraction of sp³-hybridized carbons (Fsp3) is 0.875. The van der Waals surface area contributed by atoms with E-state index < -0.39 is 0 Å². The van der Waals surface area contributed by atoms with Crippen molar-refractivity contribution in [3.05, 3.63) is 11.7 Å². The SMILES string of the molecule is COC1(c2noc(CC3CCNCC3)n2)CCCC(C)C1. The molecular weight excluding hydrogens is 266 g/mol. The topological polar surface area (TPSA) is 60.2 Å². The van der Waals surface area contributed by atoms with Crippen molar-refractivity contribution >= 4 is 0 Å². The summed E-state index contributed by atoms with van der Waals surface area (Å²) in [6.07, 6.45) is 7.74. The predicted molar refractivity (Wildman–Crippen MR) is 79.9 cm³/mol. The molecule has 118 valence electrons. The van der Waals surface area contributed by atoms with Crippen LogP contribution in [0.1, 0.15) is 57.2 Å². The first-order valence-corrected chi connectivity index (χ1v) is 8.31. The van der Waals surface area contributed by atoms with Crippen LogP contribution in [-0.4, -0.2) is 30.3 Å². The first-order chi connectivity index (χ1) is 10.2. The van der Waals surface area contributed by atoms with Crippen LogP contribution in [0.2, 0.25) is 0 Å². The van der Waals surface area contributed by atoms with E-state index in [1.54, 1.807) is 7.11 Å². The number of hydrogen-bond acceptors (Lipinski definition) is 5. The molecule has 1 N–H and O–H groups in total. The number of rotatable bonds is 4. The molecule has 2 unspecified atom stereocenters. The summed E-state index contributed by atoms with van der Waals surface area (Å²) >= 11 is 0. The molecule has 3 rings (SSSR count). The van der Waals surface area contributed by atoms with Crippen LogP contribution in [0, 0.1) is 11.8 Å². The van der Waals surface area contributed by atoms with E-state index in [1.807, 2.05) is 0 Å². The van der Waals surface area contributed by atoms with Crippen LogP contribution < -0.4 is 5.32 Å². The summed E-state index contributed by atoms with van der Waals surface area (Å²) in [5.41, 5.74) is -0.326. The fourth-order valence-electron chi connectivity index (χ4n) is 3.84. The molecule has 0 radical (unpaired) electrons. The highest BCUT2D eigenvalue weighted by atomic mass is 16.5. The summed E-state index contributed by atoms with van der Waals surface area (Å²) in [6, 6.07) is 0. The highest BCUT2D eigenvalue weighted by Gasteiger charge is 2.41. The Kier molecular flexibility index (Phi) is 4.60. The van der Waals surface area contributed by atoms with Gasteiger partial charge in [-0.3, -0.25) is 0 Å². The summed E-state index contributed by atoms with van der Waals surface area (Å²) in [6.45, 7) is 4.49. The maximum absolute atomic E-state index is 5.84. The smallest absolute Gasteiger partial charge is 0.227 e. The number of ether oxygens (including phenoxy) is 1. The van der Waals surface area contributed by atoms with Crippen LogP contribution in [0.15, 0.2) is 4.52 Å². The van der Waals surface area contributed by atoms with Crippen LogP contribution in [0.25, 0.3) is 0 Å². The van der Waals surface area contributed by atoms with E-state index in [4.69, 9.17) is 9.26 Å². The Hall–Kier alpha value is -0.940. The molecule has 2 atom stereocenters. The molecule has 21 heavy (non-hydrogen) atoms. The normalized spacial score (nSPS) is 31.4. The van der Waals surface area contributed by atoms with E-state index in [9.17, 15) is 0 Å². The van der Waals surface area contributed by atoms with E-state index in [-0.39, 0.29) is 5.60 Å². The third-order valence-electron chi connectivity index (χ3n) is 5.14. The van der Waals surface area contributed by atoms with Crippen molar-refractivity contribution in [1.82, 2.24) is 15.5 Å². The Morgan fingerprint density at radius 1 is 1.33 bits per heavy atom. The van der Waals surface area contributed by atoms with Gasteiger partial charge in [-0.15, -0.1) is 0 Å². The minimum Gasteiger partial charge on any atom is -0.370 e. The van der Waals surface area contributed by atoms with Gasteiger partial charge in [0.25, 0.3) is 0 Å². The van der Waals surface area contributed by atoms with Gasteiger partial charge in [0.15, 0.2) is 0 Å². The molecule has 0 bridgehead atoms. The van der Waals surface area contributed by atoms with E-state index in [2.05, 4.69) is 22.4 Å². The molecule has 1 aromatic rings. The number of nitrogens with zero attached hydrogens (tertiary/aromatic N) is 2. The third-order valence-corrected chi connectivity index (χ3v) is 5.14. The monoisotopic (exact) mass is 293 g/mol. The van der Waals surface area contributed by atoms with Gasteiger partial charge in [0.2, 0.25) is 11.7 Å². The Morgan fingerprint density at radius 3 is 2.86 bits per heavy atom. The average molecular weight is 293 g/mol. The average Bonchev–Trinajstić information content (AvgIpc) is 2.97. The second kappa shape index (κ2) is 6.44. The van der Waals surface area contributed by atoms with Gasteiger partial charge in [-0.25, -0.2) is 0 Å². The molecule has 2 aliphatic rings. The van der Waals surface area contributed by atoms with Gasteiger partial charge in [0.05, 0.1) is 0 Å². The molecule has 2 heterocycles. The lowest BCUT2D eigenvalue weighted by molar-refractivity contribution is -0.0658. The third kappa shape index (κ3) is 3.29. The lowest BCUT2D eigenvalue weighted by atomic mass is 9.78. The molecule has 5 nitrogen and oxygen atoms in total. The fourth-order valence-corrected chi connectivity index (χ4v) is 3.84. The maximum atomic E-state index is 5.84. The number of piperidine rings is 1. The quantitative estimate of drug-likeness (QED) is 0.925. The summed E-state index contributed by atoms with van der Waals surface area (Å²) < 4.78 is 11.4. The molecular formula is C16H27N3O2. The van der Waals surface area contributed by atoms with Crippen LogP contribution in [0.3, 0.4) is 0 Å². The van der Waals surface area contributed by atoms with Gasteiger partial charge < -0.3 is 14.6 Å². The van der Waals surface area contributed by atoms with E-state index in [1.165, 1.54) is 25.7 Å². The molecule has 1 aliphatic carbocycles. The minimum absolute atomic E-state index is 0.326. The lowest BCUT2D eigenvalue weighted by Gasteiger charge is -2.36. The second-order valence-electron chi connectivity index (χ2n) is 6.81. The highest BCUT2D eigenvalue weighted by Crippen LogP contribution is 2.41. The lowest BCUT2D eigenvalue weighted by Crippen LogP contribution is -2.35. The van der Waals surface area contributed by atoms with Crippen LogP contribution in [0.5, 0.6) is 0 Å². The molecule has 1 aromatic heterocycles. The molecule has 1 saturated heterocycles. The largest absolute Gasteiger partial charge is 0.370 e. The van der Waals surface area contributed by atoms with Crippen molar-refractivity contribution in [1.29, 1.82) is 0 Å². The summed E-state index contributed by atoms with van der Waals surface area (Å²) in [7, 11) is 1.78. The Labute approximate surface area is 126 Å². The summed E-state index contributed by atoms with van der Waals surface area (Å²) in [5, 5.41) is 7.65. The molecule has 5 heteroatoms. The number of methoxy groups -OCH3 is 1. The van der Waals surface area contributed by atoms with Gasteiger partial charge >= 0.3 is 0 Å². The highest BCUT2D eigenvalue weighted by molar-refractivity contribution is 5.04. The van der Waals surface area contributed by atoms with Gasteiger partial charge in [0.1, 0.15) is 5.60 Å². The van der Waals surface area contributed by atoms with E-state index >= 15 is 0 Å². The van der Waals surface area contributed by atoms with Crippen LogP contribution >= 0.6 is 0 Å². The Balaban J connectivity index is 1.70. The standard InChI is InChI=1S/C16H27N3O2/c1-12-4-3-7-16(11-12,20-2)15-18-14(21-19-15)10-13-5-8-17-9-6-13/h12-13,17H,3-11H2,1-2H3. The minimum atomic E-state index is -0.326. The maximum Gasteiger partial charge on any atom is 0.227 e. The first kappa shape index (κ1) is 15.0. The van der Waals surface area contributed by atoms with Crippen molar-refractivity contribution in [2.75, 3.05) is 20.2 Å². The van der Waals surface area contributed by atoms with Gasteiger partial charge in [-0.1, -0.05) is 18.5 Å². The molecule has 0 aromatic carbocycles. The van der Waals surface area contributed by atoms with Gasteiger partial charge in [-0.2, -0.15) is 4.98 Å². The zero-order valence-electron chi connectivity index (χ0n) is 13.2. The number of aromatic nitrogens is 2. The molecule has 1 saturated carbocycles. The Morgan fingerprint density at radius 2 is 2.14 bits per heavy atom. The second-order valence-corrected chi connectivity index (χ2v) is 6.81. The van der Waals surface area contributed by atoms with Crippen molar-refractivity contribution in [2.45, 2.75) is 57.5 Å². The van der Waals surface area contributed by atoms with Crippen molar-refractivity contribution in [3.63, 3.8) is 0 Å². The molecule has 1 aliphatic heterocycles. The molecule has 2 fully saturated rings. The van der Waals surface area contributed by atoms with Crippen molar-refractivity contribution in [3.8, 4) is 0 Å². The van der Waals surface area contributed by atoms with E-state index in [0.29, 0.717) is 11.8 Å². The van der Waals surface area contributed by atoms with Gasteiger partial charge in [0, 0.05) is 13.5 Å². The zero-order valence-corrected chi connectivity index (χ0v) is 13.2. The van der Waals surface area contributed by atoms with Crippen molar-refractivity contribution in [2.24, 2.45) is 11.8 Å². The molecule has 0 amide bonds. The Bertz CT molecular complexity index is 456. The van der Waals surface area contributed by atoms with Crippen molar-refractivity contribution < 1.29 is 9.26 Å². The first-order valence-electron chi connectivity index (χ1n) is 8.31. The predicted octanol–water partition coefficient (Wildman–Crippen LogP) is 2.66. The summed E-state index contributed by atoms with van der Waals surface area (Å²) in [5.74, 6) is 2.88. The zero-order chi connectivity index (χ0) is 14.7. The van der Waals surface area contributed by atoms with Gasteiger partial charge in [-0.05, 0) is 57.0 Å². The number of nitrogens with one attached hydrogen (secondary N) is 1. The van der Waals surface area contributed by atoms with Crippen LogP contribution in [0.4, 0.5) is 0 Å².